The lowest BCUT2D eigenvalue weighted by Gasteiger charge is -2.04. The highest BCUT2D eigenvalue weighted by atomic mass is 35.5. The first-order valence-electron chi connectivity index (χ1n) is 5.80. The van der Waals surface area contributed by atoms with E-state index in [1.807, 2.05) is 30.1 Å². The van der Waals surface area contributed by atoms with Crippen LogP contribution < -0.4 is 5.32 Å². The maximum Gasteiger partial charge on any atom is 0.287 e. The Kier molecular flexibility index (Phi) is 4.05. The Bertz CT molecular complexity index is 667. The molecule has 0 atom stereocenters. The van der Waals surface area contributed by atoms with Gasteiger partial charge in [0.1, 0.15) is 5.02 Å². The summed E-state index contributed by atoms with van der Waals surface area (Å²) in [5.74, 6) is -0.328. The monoisotopic (exact) mass is 293 g/mol. The smallest absolute Gasteiger partial charge is 0.287 e. The van der Waals surface area contributed by atoms with E-state index in [0.29, 0.717) is 6.54 Å². The zero-order valence-corrected chi connectivity index (χ0v) is 11.4. The molecule has 0 aliphatic carbocycles. The summed E-state index contributed by atoms with van der Waals surface area (Å²) < 4.78 is 1.88. The van der Waals surface area contributed by atoms with Crippen molar-refractivity contribution in [3.8, 4) is 0 Å². The number of rotatable bonds is 4. The molecule has 1 aromatic carbocycles. The van der Waals surface area contributed by atoms with Gasteiger partial charge in [0.25, 0.3) is 11.6 Å². The predicted octanol–water partition coefficient (Wildman–Crippen LogP) is 2.52. The molecule has 0 fully saturated rings. The van der Waals surface area contributed by atoms with E-state index in [-0.39, 0.29) is 22.2 Å². The molecule has 1 N–H and O–H groups in total. The third-order valence-electron chi connectivity index (χ3n) is 2.75. The molecular weight excluding hydrogens is 282 g/mol. The topological polar surface area (TPSA) is 77.2 Å². The molecular formula is C13H12ClN3O3. The fourth-order valence-electron chi connectivity index (χ4n) is 1.75. The highest BCUT2D eigenvalue weighted by Crippen LogP contribution is 2.24. The molecule has 1 heterocycles. The van der Waals surface area contributed by atoms with E-state index in [2.05, 4.69) is 5.32 Å². The van der Waals surface area contributed by atoms with Gasteiger partial charge in [-0.2, -0.15) is 0 Å². The second-order valence-corrected chi connectivity index (χ2v) is 4.70. The first-order valence-corrected chi connectivity index (χ1v) is 6.18. The largest absolute Gasteiger partial charge is 0.357 e. The second kappa shape index (κ2) is 5.75. The van der Waals surface area contributed by atoms with Crippen molar-refractivity contribution in [1.82, 2.24) is 9.88 Å². The van der Waals surface area contributed by atoms with Crippen molar-refractivity contribution in [3.05, 3.63) is 62.9 Å². The lowest BCUT2D eigenvalue weighted by atomic mass is 10.2. The van der Waals surface area contributed by atoms with Crippen molar-refractivity contribution in [2.75, 3.05) is 0 Å². The fourth-order valence-corrected chi connectivity index (χ4v) is 2.00. The van der Waals surface area contributed by atoms with Crippen LogP contribution in [-0.4, -0.2) is 15.4 Å². The molecule has 0 radical (unpaired) electrons. The lowest BCUT2D eigenvalue weighted by Crippen LogP contribution is -2.22. The highest BCUT2D eigenvalue weighted by Gasteiger charge is 2.15. The van der Waals surface area contributed by atoms with Crippen molar-refractivity contribution < 1.29 is 9.72 Å². The first kappa shape index (κ1) is 14.1. The summed E-state index contributed by atoms with van der Waals surface area (Å²) in [6.45, 7) is 0.383. The summed E-state index contributed by atoms with van der Waals surface area (Å²) in [6.07, 6.45) is 3.77. The number of hydrogen-bond acceptors (Lipinski definition) is 3. The van der Waals surface area contributed by atoms with Crippen molar-refractivity contribution in [2.45, 2.75) is 6.54 Å². The average molecular weight is 294 g/mol. The van der Waals surface area contributed by atoms with E-state index in [1.165, 1.54) is 18.2 Å². The zero-order valence-electron chi connectivity index (χ0n) is 10.7. The van der Waals surface area contributed by atoms with E-state index in [1.54, 1.807) is 0 Å². The number of aryl methyl sites for hydroxylation is 1. The minimum absolute atomic E-state index is 0.0534. The van der Waals surface area contributed by atoms with Crippen LogP contribution in [0.1, 0.15) is 15.9 Å². The molecule has 0 aliphatic heterocycles. The van der Waals surface area contributed by atoms with Gasteiger partial charge in [0, 0.05) is 37.6 Å². The Labute approximate surface area is 120 Å². The SMILES string of the molecule is Cn1ccc(CNC(=O)c2ccc([N+](=O)[O-])c(Cl)c2)c1. The number of carbonyl (C=O) groups is 1. The van der Waals surface area contributed by atoms with Gasteiger partial charge in [-0.05, 0) is 23.8 Å². The molecule has 2 aromatic rings. The molecule has 1 aromatic heterocycles. The van der Waals surface area contributed by atoms with E-state index >= 15 is 0 Å². The van der Waals surface area contributed by atoms with Crippen LogP contribution in [0.4, 0.5) is 5.69 Å². The van der Waals surface area contributed by atoms with E-state index in [0.717, 1.165) is 5.56 Å². The molecule has 0 saturated heterocycles. The third kappa shape index (κ3) is 3.16. The number of nitro benzene ring substituents is 1. The molecule has 7 heteroatoms. The van der Waals surface area contributed by atoms with Crippen molar-refractivity contribution in [3.63, 3.8) is 0 Å². The van der Waals surface area contributed by atoms with Gasteiger partial charge >= 0.3 is 0 Å². The second-order valence-electron chi connectivity index (χ2n) is 4.29. The Morgan fingerprint density at radius 2 is 2.20 bits per heavy atom. The summed E-state index contributed by atoms with van der Waals surface area (Å²) in [5.41, 5.74) is 1.04. The van der Waals surface area contributed by atoms with Gasteiger partial charge in [-0.3, -0.25) is 14.9 Å². The Morgan fingerprint density at radius 1 is 1.45 bits per heavy atom. The molecule has 0 saturated carbocycles. The highest BCUT2D eigenvalue weighted by molar-refractivity contribution is 6.33. The zero-order chi connectivity index (χ0) is 14.7. The van der Waals surface area contributed by atoms with Gasteiger partial charge in [0.2, 0.25) is 0 Å². The Hall–Kier alpha value is -2.34. The molecule has 2 rings (SSSR count). The number of nitrogens with one attached hydrogen (secondary N) is 1. The summed E-state index contributed by atoms with van der Waals surface area (Å²) in [5, 5.41) is 13.3. The van der Waals surface area contributed by atoms with Crippen LogP contribution in [0.25, 0.3) is 0 Å². The van der Waals surface area contributed by atoms with Crippen LogP contribution in [-0.2, 0) is 13.6 Å². The maximum absolute atomic E-state index is 11.9. The molecule has 6 nitrogen and oxygen atoms in total. The molecule has 1 amide bonds. The molecule has 0 unspecified atom stereocenters. The predicted molar refractivity (Wildman–Crippen MR) is 74.7 cm³/mol. The lowest BCUT2D eigenvalue weighted by molar-refractivity contribution is -0.384. The molecule has 104 valence electrons. The first-order chi connectivity index (χ1) is 9.47. The number of aromatic nitrogens is 1. The van der Waals surface area contributed by atoms with Gasteiger partial charge in [-0.15, -0.1) is 0 Å². The van der Waals surface area contributed by atoms with Gasteiger partial charge < -0.3 is 9.88 Å². The van der Waals surface area contributed by atoms with Crippen LogP contribution in [0.5, 0.6) is 0 Å². The quantitative estimate of drug-likeness (QED) is 0.695. The molecule has 0 aliphatic rings. The van der Waals surface area contributed by atoms with Crippen molar-refractivity contribution in [1.29, 1.82) is 0 Å². The molecule has 0 spiro atoms. The van der Waals surface area contributed by atoms with E-state index in [4.69, 9.17) is 11.6 Å². The average Bonchev–Trinajstić information content (AvgIpc) is 2.81. The summed E-state index contributed by atoms with van der Waals surface area (Å²) >= 11 is 5.76. The standard InChI is InChI=1S/C13H12ClN3O3/c1-16-5-4-9(8-16)7-15-13(18)10-2-3-12(17(19)20)11(14)6-10/h2-6,8H,7H2,1H3,(H,15,18). The molecule has 0 bridgehead atoms. The fraction of sp³-hybridized carbons (Fsp3) is 0.154. The number of hydrogen-bond donors (Lipinski definition) is 1. The van der Waals surface area contributed by atoms with E-state index < -0.39 is 4.92 Å². The number of carbonyl (C=O) groups excluding carboxylic acids is 1. The summed E-state index contributed by atoms with van der Waals surface area (Å²) in [4.78, 5) is 22.0. The van der Waals surface area contributed by atoms with Gasteiger partial charge in [0.15, 0.2) is 0 Å². The maximum atomic E-state index is 11.9. The van der Waals surface area contributed by atoms with Crippen LogP contribution in [0.15, 0.2) is 36.7 Å². The number of halogens is 1. The minimum atomic E-state index is -0.589. The number of nitro groups is 1. The molecule has 20 heavy (non-hydrogen) atoms. The minimum Gasteiger partial charge on any atom is -0.357 e. The van der Waals surface area contributed by atoms with Crippen LogP contribution in [0.2, 0.25) is 5.02 Å². The third-order valence-corrected chi connectivity index (χ3v) is 3.06. The number of nitrogens with zero attached hydrogens (tertiary/aromatic N) is 2. The normalized spacial score (nSPS) is 10.3. The van der Waals surface area contributed by atoms with Gasteiger partial charge in [-0.25, -0.2) is 0 Å². The summed E-state index contributed by atoms with van der Waals surface area (Å²) in [6, 6.07) is 5.78. The van der Waals surface area contributed by atoms with Crippen LogP contribution in [0.3, 0.4) is 0 Å². The van der Waals surface area contributed by atoms with Gasteiger partial charge in [0.05, 0.1) is 4.92 Å². The van der Waals surface area contributed by atoms with Crippen LogP contribution >= 0.6 is 11.6 Å². The number of benzene rings is 1. The van der Waals surface area contributed by atoms with Crippen LogP contribution in [0, 0.1) is 10.1 Å². The Balaban J connectivity index is 2.06. The van der Waals surface area contributed by atoms with Crippen molar-refractivity contribution >= 4 is 23.2 Å². The van der Waals surface area contributed by atoms with E-state index in [9.17, 15) is 14.9 Å². The van der Waals surface area contributed by atoms with Gasteiger partial charge in [-0.1, -0.05) is 11.6 Å². The Morgan fingerprint density at radius 3 is 2.75 bits per heavy atom. The van der Waals surface area contributed by atoms with Crippen molar-refractivity contribution in [2.24, 2.45) is 7.05 Å². The number of amides is 1. The summed E-state index contributed by atoms with van der Waals surface area (Å²) in [7, 11) is 1.89.